The predicted molar refractivity (Wildman–Crippen MR) is 132 cm³/mol. The maximum Gasteiger partial charge on any atom is 0.243 e. The summed E-state index contributed by atoms with van der Waals surface area (Å²) < 4.78 is 5.46. The summed E-state index contributed by atoms with van der Waals surface area (Å²) in [5.74, 6) is -0.705. The number of likely N-dealkylation sites (tertiary alicyclic amines) is 1. The third kappa shape index (κ3) is 6.19. The Morgan fingerprint density at radius 3 is 2.59 bits per heavy atom. The topological polar surface area (TPSA) is 144 Å². The lowest BCUT2D eigenvalue weighted by Crippen LogP contribution is -2.56. The van der Waals surface area contributed by atoms with Crippen molar-refractivity contribution in [2.45, 2.75) is 65.1 Å². The van der Waals surface area contributed by atoms with Gasteiger partial charge in [-0.3, -0.25) is 9.59 Å². The second kappa shape index (κ2) is 10.9. The minimum absolute atomic E-state index is 0.0672. The number of aliphatic hydroxyl groups excluding tert-OH is 1. The molecular weight excluding hydrogens is 454 g/mol. The number of rotatable bonds is 9. The molecule has 1 aromatic heterocycles. The number of hydrogen-bond acceptors (Lipinski definition) is 8. The Balaban J connectivity index is 1.62. The molecule has 3 rings (SSSR count). The monoisotopic (exact) mass is 489 g/mol. The highest BCUT2D eigenvalue weighted by Gasteiger charge is 2.43. The molecular formula is C24H35N5O4S. The lowest BCUT2D eigenvalue weighted by Gasteiger charge is -2.35. The number of amides is 2. The van der Waals surface area contributed by atoms with Crippen molar-refractivity contribution in [2.24, 2.45) is 16.9 Å². The zero-order chi connectivity index (χ0) is 25.0. The van der Waals surface area contributed by atoms with Gasteiger partial charge < -0.3 is 31.5 Å². The van der Waals surface area contributed by atoms with E-state index in [0.717, 1.165) is 21.7 Å². The fraction of sp³-hybridized carbons (Fsp3) is 0.542. The molecule has 0 radical (unpaired) electrons. The van der Waals surface area contributed by atoms with Crippen LogP contribution >= 0.6 is 11.3 Å². The third-order valence-corrected chi connectivity index (χ3v) is 7.10. The molecule has 186 valence electrons. The number of β-amino-alcohol motifs (C(OH)–C–C–N with tert-alkyl or cyclic N) is 1. The van der Waals surface area contributed by atoms with Gasteiger partial charge >= 0.3 is 0 Å². The number of thiazole rings is 1. The van der Waals surface area contributed by atoms with Gasteiger partial charge in [0.2, 0.25) is 11.8 Å². The molecule has 0 aliphatic carbocycles. The highest BCUT2D eigenvalue weighted by Crippen LogP contribution is 2.28. The quantitative estimate of drug-likeness (QED) is 0.390. The molecule has 9 nitrogen and oxygen atoms in total. The van der Waals surface area contributed by atoms with Crippen LogP contribution in [-0.2, 0) is 20.9 Å². The zero-order valence-electron chi connectivity index (χ0n) is 20.2. The van der Waals surface area contributed by atoms with Gasteiger partial charge in [0.1, 0.15) is 12.3 Å². The molecule has 1 aromatic carbocycles. The van der Waals surface area contributed by atoms with Crippen molar-refractivity contribution in [3.8, 4) is 10.4 Å². The fourth-order valence-corrected chi connectivity index (χ4v) is 4.73. The molecule has 1 aliphatic rings. The van der Waals surface area contributed by atoms with Gasteiger partial charge in [-0.15, -0.1) is 11.3 Å². The van der Waals surface area contributed by atoms with E-state index < -0.39 is 29.8 Å². The Morgan fingerprint density at radius 2 is 2.00 bits per heavy atom. The molecule has 1 unspecified atom stereocenters. The first kappa shape index (κ1) is 26.2. The highest BCUT2D eigenvalue weighted by molar-refractivity contribution is 7.13. The third-order valence-electron chi connectivity index (χ3n) is 6.12. The number of hydrogen-bond donors (Lipinski definition) is 4. The van der Waals surface area contributed by atoms with E-state index in [4.69, 9.17) is 16.2 Å². The van der Waals surface area contributed by atoms with Crippen LogP contribution in [0.3, 0.4) is 0 Å². The number of nitrogens with two attached hydrogens (primary N) is 2. The number of nitrogens with zero attached hydrogens (tertiary/aromatic N) is 2. The molecule has 0 spiro atoms. The van der Waals surface area contributed by atoms with Crippen LogP contribution in [-0.4, -0.2) is 64.4 Å². The summed E-state index contributed by atoms with van der Waals surface area (Å²) in [5, 5.41) is 13.1. The molecule has 2 aromatic rings. The van der Waals surface area contributed by atoms with E-state index in [2.05, 4.69) is 10.3 Å². The molecule has 1 fully saturated rings. The summed E-state index contributed by atoms with van der Waals surface area (Å²) in [6.07, 6.45) is -1.09. The number of carbonyl (C=O) groups is 2. The maximum atomic E-state index is 13.2. The van der Waals surface area contributed by atoms with Crippen molar-refractivity contribution >= 4 is 23.2 Å². The number of carbonyl (C=O) groups excluding carboxylic acids is 2. The van der Waals surface area contributed by atoms with Gasteiger partial charge in [-0.25, -0.2) is 4.98 Å². The van der Waals surface area contributed by atoms with Gasteiger partial charge in [0.05, 0.1) is 34.8 Å². The maximum absolute atomic E-state index is 13.2. The molecule has 0 bridgehead atoms. The Hall–Kier alpha value is -2.37. The van der Waals surface area contributed by atoms with E-state index in [1.165, 1.54) is 4.90 Å². The van der Waals surface area contributed by atoms with Gasteiger partial charge in [-0.05, 0) is 25.0 Å². The van der Waals surface area contributed by atoms with E-state index in [1.54, 1.807) is 18.3 Å². The lowest BCUT2D eigenvalue weighted by molar-refractivity contribution is -0.142. The van der Waals surface area contributed by atoms with Crippen LogP contribution in [0.2, 0.25) is 0 Å². The van der Waals surface area contributed by atoms with Gasteiger partial charge in [0.15, 0.2) is 0 Å². The summed E-state index contributed by atoms with van der Waals surface area (Å²) in [7, 11) is 0. The first-order chi connectivity index (χ1) is 16.0. The standard InChI is InChI=1S/C24H35N5O4S/c1-14-20(34-13-28-14)17-7-5-16(6-8-17)10-27-22(31)19-9-18(30)11-29(19)23(32)21(26)24(3,4)12-33-15(2)25/h5-8,13,15,18-19,21,30H,9-12,25-26H2,1-4H3,(H,27,31)/t15?,18-,19+,21-/m1/s1. The smallest absolute Gasteiger partial charge is 0.243 e. The summed E-state index contributed by atoms with van der Waals surface area (Å²) in [6, 6.07) is 6.23. The van der Waals surface area contributed by atoms with Crippen LogP contribution in [0.5, 0.6) is 0 Å². The van der Waals surface area contributed by atoms with Crippen LogP contribution in [0.1, 0.15) is 38.4 Å². The minimum Gasteiger partial charge on any atom is -0.391 e. The van der Waals surface area contributed by atoms with Crippen LogP contribution in [0.4, 0.5) is 0 Å². The zero-order valence-corrected chi connectivity index (χ0v) is 21.0. The predicted octanol–water partition coefficient (Wildman–Crippen LogP) is 1.37. The molecule has 1 saturated heterocycles. The lowest BCUT2D eigenvalue weighted by atomic mass is 9.85. The van der Waals surface area contributed by atoms with Crippen molar-refractivity contribution in [1.82, 2.24) is 15.2 Å². The van der Waals surface area contributed by atoms with Crippen LogP contribution in [0, 0.1) is 12.3 Å². The van der Waals surface area contributed by atoms with E-state index in [9.17, 15) is 14.7 Å². The SMILES string of the molecule is Cc1ncsc1-c1ccc(CNC(=O)[C@@H]2C[C@@H](O)CN2C(=O)[C@@H](N)C(C)(C)COC(C)N)cc1. The molecule has 2 heterocycles. The van der Waals surface area contributed by atoms with Gasteiger partial charge in [-0.2, -0.15) is 0 Å². The minimum atomic E-state index is -0.908. The van der Waals surface area contributed by atoms with Gasteiger partial charge in [-0.1, -0.05) is 38.1 Å². The fourth-order valence-electron chi connectivity index (χ4n) is 3.91. The normalized spacial score (nSPS) is 20.3. The average molecular weight is 490 g/mol. The van der Waals surface area contributed by atoms with Gasteiger partial charge in [0, 0.05) is 24.9 Å². The average Bonchev–Trinajstić information content (AvgIpc) is 3.41. The van der Waals surface area contributed by atoms with Crippen molar-refractivity contribution in [1.29, 1.82) is 0 Å². The molecule has 6 N–H and O–H groups in total. The molecule has 1 aliphatic heterocycles. The number of benzene rings is 1. The van der Waals surface area contributed by atoms with Crippen molar-refractivity contribution in [3.05, 3.63) is 41.0 Å². The van der Waals surface area contributed by atoms with Crippen molar-refractivity contribution in [2.75, 3.05) is 13.2 Å². The highest BCUT2D eigenvalue weighted by atomic mass is 32.1. The van der Waals surface area contributed by atoms with Crippen LogP contribution in [0.15, 0.2) is 29.8 Å². The van der Waals surface area contributed by atoms with Crippen molar-refractivity contribution < 1.29 is 19.4 Å². The van der Waals surface area contributed by atoms with Crippen LogP contribution < -0.4 is 16.8 Å². The Kier molecular flexibility index (Phi) is 8.43. The number of aliphatic hydroxyl groups is 1. The second-order valence-corrected chi connectivity index (χ2v) is 10.4. The summed E-state index contributed by atoms with van der Waals surface area (Å²) >= 11 is 1.59. The van der Waals surface area contributed by atoms with Crippen molar-refractivity contribution in [3.63, 3.8) is 0 Å². The molecule has 34 heavy (non-hydrogen) atoms. The Morgan fingerprint density at radius 1 is 1.32 bits per heavy atom. The summed E-state index contributed by atoms with van der Waals surface area (Å²) in [6.45, 7) is 7.89. The number of ether oxygens (including phenoxy) is 1. The molecule has 10 heteroatoms. The Bertz CT molecular complexity index is 992. The molecule has 2 amide bonds. The number of nitrogens with one attached hydrogen (secondary N) is 1. The molecule has 4 atom stereocenters. The number of aromatic nitrogens is 1. The second-order valence-electron chi connectivity index (χ2n) is 9.56. The largest absolute Gasteiger partial charge is 0.391 e. The van der Waals surface area contributed by atoms with Crippen LogP contribution in [0.25, 0.3) is 10.4 Å². The summed E-state index contributed by atoms with van der Waals surface area (Å²) in [4.78, 5) is 32.9. The molecule has 0 saturated carbocycles. The first-order valence-corrected chi connectivity index (χ1v) is 12.3. The Labute approximate surface area is 204 Å². The van der Waals surface area contributed by atoms with E-state index in [-0.39, 0.29) is 31.4 Å². The summed E-state index contributed by atoms with van der Waals surface area (Å²) in [5.41, 5.74) is 16.0. The van der Waals surface area contributed by atoms with E-state index in [0.29, 0.717) is 6.54 Å². The van der Waals surface area contributed by atoms with E-state index in [1.807, 2.05) is 50.5 Å². The number of aryl methyl sites for hydroxylation is 1. The van der Waals surface area contributed by atoms with E-state index >= 15 is 0 Å². The first-order valence-electron chi connectivity index (χ1n) is 11.4. The van der Waals surface area contributed by atoms with Gasteiger partial charge in [0.25, 0.3) is 0 Å².